The molecule has 7 nitrogen and oxygen atoms in total. The van der Waals surface area contributed by atoms with E-state index >= 15 is 0 Å². The molecule has 1 aliphatic rings. The van der Waals surface area contributed by atoms with Crippen molar-refractivity contribution in [3.63, 3.8) is 0 Å². The Morgan fingerprint density at radius 2 is 2.18 bits per heavy atom. The highest BCUT2D eigenvalue weighted by molar-refractivity contribution is 5.65. The van der Waals surface area contributed by atoms with Crippen LogP contribution in [0, 0.1) is 0 Å². The van der Waals surface area contributed by atoms with E-state index in [0.717, 1.165) is 10.8 Å². The van der Waals surface area contributed by atoms with Crippen molar-refractivity contribution in [2.24, 2.45) is 0 Å². The Kier molecular flexibility index (Phi) is 3.50. The third-order valence-corrected chi connectivity index (χ3v) is 4.10. The molecular weight excluding hydrogens is 298 g/mol. The fraction of sp³-hybridized carbons (Fsp3) is 0.538. The minimum Gasteiger partial charge on any atom is -0.388 e. The predicted octanol–water partition coefficient (Wildman–Crippen LogP) is 0.303. The van der Waals surface area contributed by atoms with E-state index in [1.165, 1.54) is 12.1 Å². The maximum atomic E-state index is 13.8. The first-order chi connectivity index (χ1) is 10.4. The molecule has 3 heterocycles. The second-order valence-corrected chi connectivity index (χ2v) is 5.25. The Bertz CT molecular complexity index is 695. The van der Waals surface area contributed by atoms with Gasteiger partial charge >= 0.3 is 0 Å². The number of aromatic nitrogens is 3. The lowest BCUT2D eigenvalue weighted by Crippen LogP contribution is -2.47. The summed E-state index contributed by atoms with van der Waals surface area (Å²) in [6.07, 6.45) is -5.75. The summed E-state index contributed by atoms with van der Waals surface area (Å²) in [6.45, 7) is 1.68. The highest BCUT2D eigenvalue weighted by Gasteiger charge is 2.61. The second kappa shape index (κ2) is 5.11. The molecule has 0 amide bonds. The molecule has 1 unspecified atom stereocenters. The van der Waals surface area contributed by atoms with Gasteiger partial charge in [-0.1, -0.05) is 6.92 Å². The number of hydrogen-bond acceptors (Lipinski definition) is 6. The van der Waals surface area contributed by atoms with Crippen molar-refractivity contribution < 1.29 is 23.7 Å². The molecule has 1 fully saturated rings. The van der Waals surface area contributed by atoms with Gasteiger partial charge in [0.2, 0.25) is 0 Å². The Morgan fingerprint density at radius 1 is 1.45 bits per heavy atom. The number of alkyl halides is 2. The van der Waals surface area contributed by atoms with Crippen molar-refractivity contribution in [1.29, 1.82) is 0 Å². The van der Waals surface area contributed by atoms with Crippen LogP contribution in [-0.2, 0) is 10.3 Å². The van der Waals surface area contributed by atoms with Gasteiger partial charge in [-0.05, 0) is 18.6 Å². The van der Waals surface area contributed by atoms with Crippen LogP contribution >= 0.6 is 0 Å². The number of hydrogen-bond donors (Lipinski definition) is 3. The van der Waals surface area contributed by atoms with Crippen LogP contribution in [0.15, 0.2) is 18.5 Å². The predicted molar refractivity (Wildman–Crippen MR) is 72.3 cm³/mol. The van der Waals surface area contributed by atoms with Crippen LogP contribution in [0.4, 0.5) is 14.6 Å². The van der Waals surface area contributed by atoms with Crippen molar-refractivity contribution in [3.8, 4) is 0 Å². The summed E-state index contributed by atoms with van der Waals surface area (Å²) >= 11 is 0. The quantitative estimate of drug-likeness (QED) is 0.752. The summed E-state index contributed by atoms with van der Waals surface area (Å²) < 4.78 is 34.2. The normalized spacial score (nSPS) is 32.2. The molecule has 4 atom stereocenters. The van der Waals surface area contributed by atoms with E-state index in [1.807, 2.05) is 0 Å². The van der Waals surface area contributed by atoms with E-state index in [1.54, 1.807) is 6.92 Å². The van der Waals surface area contributed by atoms with Gasteiger partial charge < -0.3 is 20.7 Å². The summed E-state index contributed by atoms with van der Waals surface area (Å²) in [6, 6.07) is 2.82. The topological polar surface area (TPSA) is 106 Å². The van der Waals surface area contributed by atoms with Gasteiger partial charge in [0.25, 0.3) is 6.43 Å². The first-order valence-corrected chi connectivity index (χ1v) is 6.84. The van der Waals surface area contributed by atoms with Crippen molar-refractivity contribution in [2.45, 2.75) is 43.7 Å². The molecule has 2 aromatic heterocycles. The molecule has 0 spiro atoms. The number of rotatable bonds is 3. The van der Waals surface area contributed by atoms with Crippen LogP contribution in [0.2, 0.25) is 0 Å². The highest BCUT2D eigenvalue weighted by atomic mass is 19.3. The van der Waals surface area contributed by atoms with Crippen molar-refractivity contribution >= 4 is 11.3 Å². The molecule has 2 aromatic rings. The molecule has 0 aromatic carbocycles. The number of halogens is 2. The first kappa shape index (κ1) is 15.1. The molecule has 0 bridgehead atoms. The number of ether oxygens (including phenoxy) is 1. The van der Waals surface area contributed by atoms with Crippen molar-refractivity contribution in [1.82, 2.24) is 14.6 Å². The summed E-state index contributed by atoms with van der Waals surface area (Å²) in [5.74, 6) is 0.116. The lowest BCUT2D eigenvalue weighted by molar-refractivity contribution is -0.175. The van der Waals surface area contributed by atoms with Gasteiger partial charge in [0, 0.05) is 0 Å². The van der Waals surface area contributed by atoms with Crippen molar-refractivity contribution in [2.75, 3.05) is 5.73 Å². The Labute approximate surface area is 124 Å². The standard InChI is InChI=1S/C13H16F2N4O3/c1-2-7-9(20)10(21)13(22-7,12(14)15)8-4-3-6-11(16)17-5-18-19(6)8/h3-5,7,9-10,12,20-21H,2H2,1H3,(H2,16,17,18)/t7-,9+,10?,13+/m1/s1. The SMILES string of the molecule is CC[C@H]1O[C@](c2ccc3c(N)ncnn23)(C(F)F)C(O)[C@H]1O. The Morgan fingerprint density at radius 3 is 2.77 bits per heavy atom. The molecule has 0 saturated carbocycles. The molecule has 120 valence electrons. The van der Waals surface area contributed by atoms with E-state index in [2.05, 4.69) is 10.1 Å². The van der Waals surface area contributed by atoms with Crippen LogP contribution in [-0.4, -0.2) is 49.5 Å². The molecule has 1 aliphatic heterocycles. The Hall–Kier alpha value is -1.84. The van der Waals surface area contributed by atoms with Crippen molar-refractivity contribution in [3.05, 3.63) is 24.2 Å². The number of nitrogen functional groups attached to an aromatic ring is 1. The Balaban J connectivity index is 2.22. The van der Waals surface area contributed by atoms with Gasteiger partial charge in [-0.25, -0.2) is 18.3 Å². The number of aliphatic hydroxyl groups is 2. The number of nitrogens with two attached hydrogens (primary N) is 1. The third-order valence-electron chi connectivity index (χ3n) is 4.10. The minimum atomic E-state index is -3.07. The maximum absolute atomic E-state index is 13.8. The summed E-state index contributed by atoms with van der Waals surface area (Å²) in [4.78, 5) is 3.79. The zero-order chi connectivity index (χ0) is 16.1. The molecule has 3 rings (SSSR count). The summed E-state index contributed by atoms with van der Waals surface area (Å²) in [5.41, 5.74) is 3.57. The van der Waals surface area contributed by atoms with Crippen LogP contribution in [0.1, 0.15) is 19.0 Å². The van der Waals surface area contributed by atoms with E-state index < -0.39 is 30.3 Å². The highest BCUT2D eigenvalue weighted by Crippen LogP contribution is 2.45. The molecule has 1 saturated heterocycles. The minimum absolute atomic E-state index is 0.0749. The average molecular weight is 314 g/mol. The van der Waals surface area contributed by atoms with Gasteiger partial charge in [0.15, 0.2) is 11.4 Å². The number of anilines is 1. The fourth-order valence-corrected chi connectivity index (χ4v) is 2.92. The largest absolute Gasteiger partial charge is 0.388 e. The molecule has 4 N–H and O–H groups in total. The van der Waals surface area contributed by atoms with Crippen LogP contribution in [0.25, 0.3) is 5.52 Å². The van der Waals surface area contributed by atoms with Gasteiger partial charge in [0.1, 0.15) is 24.1 Å². The lowest BCUT2D eigenvalue weighted by atomic mass is 9.91. The smallest absolute Gasteiger partial charge is 0.275 e. The van der Waals surface area contributed by atoms with Gasteiger partial charge in [0.05, 0.1) is 11.8 Å². The molecule has 9 heteroatoms. The molecule has 22 heavy (non-hydrogen) atoms. The van der Waals surface area contributed by atoms with E-state index in [4.69, 9.17) is 10.5 Å². The van der Waals surface area contributed by atoms with E-state index in [-0.39, 0.29) is 17.9 Å². The fourth-order valence-electron chi connectivity index (χ4n) is 2.92. The summed E-state index contributed by atoms with van der Waals surface area (Å²) in [5, 5.41) is 24.1. The lowest BCUT2D eigenvalue weighted by Gasteiger charge is -2.30. The maximum Gasteiger partial charge on any atom is 0.275 e. The van der Waals surface area contributed by atoms with Gasteiger partial charge in [-0.3, -0.25) is 0 Å². The monoisotopic (exact) mass is 314 g/mol. The van der Waals surface area contributed by atoms with Crippen LogP contribution in [0.3, 0.4) is 0 Å². The average Bonchev–Trinajstić information content (AvgIpc) is 3.02. The molecular formula is C13H16F2N4O3. The first-order valence-electron chi connectivity index (χ1n) is 6.84. The van der Waals surface area contributed by atoms with E-state index in [0.29, 0.717) is 5.52 Å². The third kappa shape index (κ3) is 1.82. The zero-order valence-corrected chi connectivity index (χ0v) is 11.7. The molecule has 0 radical (unpaired) electrons. The second-order valence-electron chi connectivity index (χ2n) is 5.25. The van der Waals surface area contributed by atoms with Gasteiger partial charge in [-0.15, -0.1) is 0 Å². The summed E-state index contributed by atoms with van der Waals surface area (Å²) in [7, 11) is 0. The van der Waals surface area contributed by atoms with E-state index in [9.17, 15) is 19.0 Å². The zero-order valence-electron chi connectivity index (χ0n) is 11.7. The number of fused-ring (bicyclic) bond motifs is 1. The van der Waals surface area contributed by atoms with Gasteiger partial charge in [-0.2, -0.15) is 5.10 Å². The molecule has 0 aliphatic carbocycles. The number of nitrogens with zero attached hydrogens (tertiary/aromatic N) is 3. The van der Waals surface area contributed by atoms with Crippen LogP contribution < -0.4 is 5.73 Å². The van der Waals surface area contributed by atoms with Crippen LogP contribution in [0.5, 0.6) is 0 Å². The number of aliphatic hydroxyl groups excluding tert-OH is 2.